The van der Waals surface area contributed by atoms with Gasteiger partial charge in [-0.05, 0) is 44.4 Å². The van der Waals surface area contributed by atoms with Gasteiger partial charge in [0.25, 0.3) is 0 Å². The molecule has 1 aromatic rings. The molecule has 3 heteroatoms. The third-order valence-electron chi connectivity index (χ3n) is 3.82. The highest BCUT2D eigenvalue weighted by molar-refractivity contribution is 5.96. The molecular formula is C16H23NO2. The highest BCUT2D eigenvalue weighted by Crippen LogP contribution is 2.37. The zero-order valence-electron chi connectivity index (χ0n) is 12.1. The first-order valence-corrected chi connectivity index (χ1v) is 6.99. The number of ketones is 1. The maximum Gasteiger partial charge on any atom is 0.163 e. The van der Waals surface area contributed by atoms with Gasteiger partial charge in [-0.3, -0.25) is 4.79 Å². The summed E-state index contributed by atoms with van der Waals surface area (Å²) < 4.78 is 5.74. The first-order valence-electron chi connectivity index (χ1n) is 6.99. The Hall–Kier alpha value is -1.35. The molecule has 0 spiro atoms. The quantitative estimate of drug-likeness (QED) is 0.707. The third kappa shape index (κ3) is 4.06. The van der Waals surface area contributed by atoms with Gasteiger partial charge in [0.1, 0.15) is 12.4 Å². The Bertz CT molecular complexity index is 444. The summed E-state index contributed by atoms with van der Waals surface area (Å²) in [5.74, 6) is 2.51. The van der Waals surface area contributed by atoms with E-state index in [1.165, 1.54) is 6.42 Å². The van der Waals surface area contributed by atoms with Gasteiger partial charge in [0.05, 0.1) is 5.56 Å². The van der Waals surface area contributed by atoms with Crippen molar-refractivity contribution in [1.82, 2.24) is 4.90 Å². The Morgan fingerprint density at radius 2 is 2.11 bits per heavy atom. The van der Waals surface area contributed by atoms with Gasteiger partial charge >= 0.3 is 0 Å². The highest BCUT2D eigenvalue weighted by Gasteiger charge is 2.32. The van der Waals surface area contributed by atoms with Crippen LogP contribution in [0.5, 0.6) is 5.75 Å². The van der Waals surface area contributed by atoms with Crippen molar-refractivity contribution in [3.8, 4) is 5.75 Å². The monoisotopic (exact) mass is 261 g/mol. The SMILES string of the molecule is CC(=O)c1ccccc1OCCN(C)CC1CC1C. The van der Waals surface area contributed by atoms with Crippen LogP contribution >= 0.6 is 0 Å². The predicted molar refractivity (Wildman–Crippen MR) is 76.7 cm³/mol. The maximum atomic E-state index is 11.5. The van der Waals surface area contributed by atoms with Crippen LogP contribution in [0.15, 0.2) is 24.3 Å². The van der Waals surface area contributed by atoms with E-state index in [0.29, 0.717) is 17.9 Å². The molecule has 0 saturated heterocycles. The Balaban J connectivity index is 1.77. The molecule has 1 saturated carbocycles. The molecule has 104 valence electrons. The summed E-state index contributed by atoms with van der Waals surface area (Å²) in [5, 5.41) is 0. The third-order valence-corrected chi connectivity index (χ3v) is 3.82. The van der Waals surface area contributed by atoms with Gasteiger partial charge in [-0.2, -0.15) is 0 Å². The number of ether oxygens (including phenoxy) is 1. The lowest BCUT2D eigenvalue weighted by Crippen LogP contribution is -2.26. The van der Waals surface area contributed by atoms with Crippen LogP contribution in [0.3, 0.4) is 0 Å². The number of hydrogen-bond donors (Lipinski definition) is 0. The molecular weight excluding hydrogens is 238 g/mol. The molecule has 2 unspecified atom stereocenters. The summed E-state index contributed by atoms with van der Waals surface area (Å²) in [6, 6.07) is 7.44. The molecule has 19 heavy (non-hydrogen) atoms. The number of para-hydroxylation sites is 1. The predicted octanol–water partition coefficient (Wildman–Crippen LogP) is 2.86. The summed E-state index contributed by atoms with van der Waals surface area (Å²) >= 11 is 0. The molecule has 2 rings (SSSR count). The van der Waals surface area contributed by atoms with Crippen molar-refractivity contribution in [2.75, 3.05) is 26.7 Å². The van der Waals surface area contributed by atoms with Crippen molar-refractivity contribution in [1.29, 1.82) is 0 Å². The van der Waals surface area contributed by atoms with E-state index in [0.717, 1.165) is 24.9 Å². The van der Waals surface area contributed by atoms with E-state index in [9.17, 15) is 4.79 Å². The minimum atomic E-state index is 0.0516. The molecule has 0 radical (unpaired) electrons. The summed E-state index contributed by atoms with van der Waals surface area (Å²) in [6.07, 6.45) is 1.36. The second kappa shape index (κ2) is 6.20. The van der Waals surface area contributed by atoms with Crippen LogP contribution < -0.4 is 4.74 Å². The number of hydrogen-bond acceptors (Lipinski definition) is 3. The molecule has 0 amide bonds. The lowest BCUT2D eigenvalue weighted by Gasteiger charge is -2.17. The van der Waals surface area contributed by atoms with Gasteiger partial charge in [0.2, 0.25) is 0 Å². The molecule has 1 aliphatic carbocycles. The van der Waals surface area contributed by atoms with Crippen LogP contribution in [0.1, 0.15) is 30.6 Å². The molecule has 2 atom stereocenters. The zero-order valence-corrected chi connectivity index (χ0v) is 12.1. The molecule has 1 aromatic carbocycles. The average Bonchev–Trinajstić information content (AvgIpc) is 3.05. The summed E-state index contributed by atoms with van der Waals surface area (Å²) in [6.45, 7) is 6.55. The minimum Gasteiger partial charge on any atom is -0.491 e. The van der Waals surface area contributed by atoms with E-state index in [1.54, 1.807) is 6.92 Å². The van der Waals surface area contributed by atoms with Gasteiger partial charge in [-0.15, -0.1) is 0 Å². The van der Waals surface area contributed by atoms with Gasteiger partial charge < -0.3 is 9.64 Å². The molecule has 0 bridgehead atoms. The average molecular weight is 261 g/mol. The van der Waals surface area contributed by atoms with Crippen molar-refractivity contribution in [3.05, 3.63) is 29.8 Å². The number of carbonyl (C=O) groups is 1. The van der Waals surface area contributed by atoms with Gasteiger partial charge in [-0.1, -0.05) is 19.1 Å². The first kappa shape index (κ1) is 14.1. The fourth-order valence-corrected chi connectivity index (χ4v) is 2.34. The molecule has 1 aliphatic rings. The second-order valence-corrected chi connectivity index (χ2v) is 5.64. The van der Waals surface area contributed by atoms with Gasteiger partial charge in [-0.25, -0.2) is 0 Å². The Kier molecular flexibility index (Phi) is 4.59. The van der Waals surface area contributed by atoms with Crippen molar-refractivity contribution < 1.29 is 9.53 Å². The fourth-order valence-electron chi connectivity index (χ4n) is 2.34. The summed E-state index contributed by atoms with van der Waals surface area (Å²) in [4.78, 5) is 13.8. The zero-order chi connectivity index (χ0) is 13.8. The number of Topliss-reactive ketones (excluding diaryl/α,β-unsaturated/α-hetero) is 1. The van der Waals surface area contributed by atoms with Crippen LogP contribution in [0, 0.1) is 11.8 Å². The van der Waals surface area contributed by atoms with E-state index in [1.807, 2.05) is 24.3 Å². The summed E-state index contributed by atoms with van der Waals surface area (Å²) in [5.41, 5.74) is 0.668. The van der Waals surface area contributed by atoms with E-state index >= 15 is 0 Å². The lowest BCUT2D eigenvalue weighted by molar-refractivity contribution is 0.101. The number of nitrogens with zero attached hydrogens (tertiary/aromatic N) is 1. The van der Waals surface area contributed by atoms with Crippen molar-refractivity contribution in [2.24, 2.45) is 11.8 Å². The number of rotatable bonds is 7. The standard InChI is InChI=1S/C16H23NO2/c1-12-10-14(12)11-17(3)8-9-19-16-7-5-4-6-15(16)13(2)18/h4-7,12,14H,8-11H2,1-3H3. The van der Waals surface area contributed by atoms with Crippen LogP contribution in [0.4, 0.5) is 0 Å². The molecule has 0 N–H and O–H groups in total. The maximum absolute atomic E-state index is 11.5. The Labute approximate surface area is 115 Å². The van der Waals surface area contributed by atoms with E-state index in [4.69, 9.17) is 4.74 Å². The number of likely N-dealkylation sites (N-methyl/N-ethyl adjacent to an activating group) is 1. The molecule has 1 fully saturated rings. The normalized spacial score (nSPS) is 21.5. The second-order valence-electron chi connectivity index (χ2n) is 5.64. The van der Waals surface area contributed by atoms with E-state index in [2.05, 4.69) is 18.9 Å². The number of benzene rings is 1. The largest absolute Gasteiger partial charge is 0.491 e. The number of carbonyl (C=O) groups excluding carboxylic acids is 1. The van der Waals surface area contributed by atoms with Crippen LogP contribution in [-0.2, 0) is 0 Å². The van der Waals surface area contributed by atoms with Crippen LogP contribution in [0.25, 0.3) is 0 Å². The molecule has 0 aliphatic heterocycles. The molecule has 0 heterocycles. The first-order chi connectivity index (χ1) is 9.08. The smallest absolute Gasteiger partial charge is 0.163 e. The fraction of sp³-hybridized carbons (Fsp3) is 0.562. The lowest BCUT2D eigenvalue weighted by atomic mass is 10.1. The van der Waals surface area contributed by atoms with Crippen LogP contribution in [-0.4, -0.2) is 37.4 Å². The van der Waals surface area contributed by atoms with Crippen LogP contribution in [0.2, 0.25) is 0 Å². The minimum absolute atomic E-state index is 0.0516. The van der Waals surface area contributed by atoms with E-state index < -0.39 is 0 Å². The summed E-state index contributed by atoms with van der Waals surface area (Å²) in [7, 11) is 2.13. The van der Waals surface area contributed by atoms with Gasteiger partial charge in [0.15, 0.2) is 5.78 Å². The van der Waals surface area contributed by atoms with E-state index in [-0.39, 0.29) is 5.78 Å². The Morgan fingerprint density at radius 1 is 1.42 bits per heavy atom. The molecule has 3 nitrogen and oxygen atoms in total. The topological polar surface area (TPSA) is 29.5 Å². The Morgan fingerprint density at radius 3 is 2.74 bits per heavy atom. The van der Waals surface area contributed by atoms with Crippen molar-refractivity contribution >= 4 is 5.78 Å². The van der Waals surface area contributed by atoms with Gasteiger partial charge in [0, 0.05) is 13.1 Å². The van der Waals surface area contributed by atoms with Crippen molar-refractivity contribution in [3.63, 3.8) is 0 Å². The molecule has 0 aromatic heterocycles. The van der Waals surface area contributed by atoms with Crippen molar-refractivity contribution in [2.45, 2.75) is 20.3 Å². The highest BCUT2D eigenvalue weighted by atomic mass is 16.5.